The topological polar surface area (TPSA) is 55.8 Å². The quantitative estimate of drug-likeness (QED) is 0.124. The first-order chi connectivity index (χ1) is 25.2. The van der Waals surface area contributed by atoms with E-state index in [2.05, 4.69) is 152 Å². The third-order valence-electron chi connectivity index (χ3n) is 11.2. The van der Waals surface area contributed by atoms with E-state index in [1.807, 2.05) is 12.1 Å². The van der Waals surface area contributed by atoms with E-state index in [-0.39, 0.29) is 10.8 Å². The van der Waals surface area contributed by atoms with Crippen molar-refractivity contribution in [3.63, 3.8) is 0 Å². The molecule has 0 amide bonds. The smallest absolute Gasteiger partial charge is 0.395 e. The first-order valence-corrected chi connectivity index (χ1v) is 23.7. The second kappa shape index (κ2) is 14.4. The van der Waals surface area contributed by atoms with E-state index in [4.69, 9.17) is 9.05 Å². The highest BCUT2D eigenvalue weighted by molar-refractivity contribution is 7.48. The van der Waals surface area contributed by atoms with Gasteiger partial charge < -0.3 is 9.05 Å². The van der Waals surface area contributed by atoms with Gasteiger partial charge in [0.1, 0.15) is 11.5 Å². The maximum Gasteiger partial charge on any atom is 0.584 e. The highest BCUT2D eigenvalue weighted by Gasteiger charge is 2.38. The van der Waals surface area contributed by atoms with Gasteiger partial charge in [-0.05, 0) is 76.1 Å². The Morgan fingerprint density at radius 1 is 0.585 bits per heavy atom. The molecule has 2 atom stereocenters. The minimum absolute atomic E-state index is 0.0787. The van der Waals surface area contributed by atoms with Gasteiger partial charge in [-0.3, -0.25) is 4.89 Å². The summed E-state index contributed by atoms with van der Waals surface area (Å²) in [6, 6.07) is 39.4. The zero-order valence-corrected chi connectivity index (χ0v) is 36.2. The molecular formula is C46H53O4PSi2. The van der Waals surface area contributed by atoms with E-state index < -0.39 is 26.9 Å². The highest BCUT2D eigenvalue weighted by Crippen LogP contribution is 2.56. The summed E-state index contributed by atoms with van der Waals surface area (Å²) in [4.78, 5) is 11.6. The molecule has 0 spiro atoms. The highest BCUT2D eigenvalue weighted by atomic mass is 31.2. The number of rotatable bonds is 8. The summed E-state index contributed by atoms with van der Waals surface area (Å²) < 4.78 is 26.8. The van der Waals surface area contributed by atoms with Crippen molar-refractivity contribution in [1.82, 2.24) is 0 Å². The molecule has 53 heavy (non-hydrogen) atoms. The molecular weight excluding hydrogens is 704 g/mol. The average molecular weight is 757 g/mol. The molecule has 0 aromatic heterocycles. The fraction of sp³-hybridized carbons (Fsp3) is 0.304. The monoisotopic (exact) mass is 756 g/mol. The SMILES string of the molecule is CCC([SiH2]c1cc2ccccc2c2c1OP(=O)(O)Oc1c([SiH2]C(CC)c3ccc(C(C)(C)C)cc3)cc3ccccc3c1-2)c1ccc(C(C)(C)C)cc1. The Hall–Kier alpha value is -3.94. The van der Waals surface area contributed by atoms with Gasteiger partial charge >= 0.3 is 7.82 Å². The summed E-state index contributed by atoms with van der Waals surface area (Å²) in [5.41, 5.74) is 7.81. The van der Waals surface area contributed by atoms with Gasteiger partial charge in [0.25, 0.3) is 0 Å². The summed E-state index contributed by atoms with van der Waals surface area (Å²) in [5, 5.41) is 6.31. The van der Waals surface area contributed by atoms with Crippen LogP contribution in [-0.2, 0) is 15.4 Å². The number of fused-ring (bicyclic) bond motifs is 7. The molecule has 4 nitrogen and oxygen atoms in total. The van der Waals surface area contributed by atoms with Gasteiger partial charge in [-0.1, -0.05) is 177 Å². The van der Waals surface area contributed by atoms with Crippen LogP contribution in [0.1, 0.15) is 102 Å². The largest absolute Gasteiger partial charge is 0.584 e. The summed E-state index contributed by atoms with van der Waals surface area (Å²) in [7, 11) is -6.69. The number of phosphoric acid groups is 1. The van der Waals surface area contributed by atoms with Crippen LogP contribution in [-0.4, -0.2) is 23.9 Å². The van der Waals surface area contributed by atoms with Crippen molar-refractivity contribution in [3.05, 3.63) is 131 Å². The Balaban J connectivity index is 1.42. The Morgan fingerprint density at radius 3 is 1.28 bits per heavy atom. The standard InChI is InChI=1S/C46H53O4PSi2/c1-9-37(29-19-23-33(24-20-29)45(3,4)5)52-39-27-31-15-11-13-17-35(31)41-42-36-18-14-12-16-32(36)28-40(44(42)50-51(47,48)49-43(39)41)53-38(10-2)30-21-25-34(26-22-30)46(6,7)8/h11-28,37-38H,9-10,52-53H2,1-8H3,(H,47,48). The van der Waals surface area contributed by atoms with E-state index in [1.165, 1.54) is 22.3 Å². The Morgan fingerprint density at radius 2 is 0.943 bits per heavy atom. The molecule has 2 unspecified atom stereocenters. The third kappa shape index (κ3) is 7.57. The molecule has 0 aliphatic carbocycles. The van der Waals surface area contributed by atoms with Crippen LogP contribution in [0, 0.1) is 0 Å². The molecule has 6 aromatic carbocycles. The summed E-state index contributed by atoms with van der Waals surface area (Å²) >= 11 is 0. The molecule has 7 heteroatoms. The van der Waals surface area contributed by atoms with Crippen molar-refractivity contribution in [2.24, 2.45) is 0 Å². The van der Waals surface area contributed by atoms with Gasteiger partial charge in [-0.2, -0.15) is 0 Å². The van der Waals surface area contributed by atoms with Gasteiger partial charge in [0.15, 0.2) is 0 Å². The fourth-order valence-electron chi connectivity index (χ4n) is 8.07. The van der Waals surface area contributed by atoms with Gasteiger partial charge in [0.05, 0.1) is 19.0 Å². The number of hydrogen-bond acceptors (Lipinski definition) is 3. The number of hydrogen-bond donors (Lipinski definition) is 1. The van der Waals surface area contributed by atoms with Gasteiger partial charge in [0.2, 0.25) is 0 Å². The van der Waals surface area contributed by atoms with E-state index in [0.29, 0.717) is 22.6 Å². The summed E-state index contributed by atoms with van der Waals surface area (Å²) in [5.74, 6) is 1.02. The third-order valence-corrected chi connectivity index (χ3v) is 17.1. The van der Waals surface area contributed by atoms with Crippen molar-refractivity contribution in [2.45, 2.75) is 90.1 Å². The van der Waals surface area contributed by atoms with E-state index in [0.717, 1.165) is 55.9 Å². The molecule has 7 rings (SSSR count). The van der Waals surface area contributed by atoms with Crippen molar-refractivity contribution in [3.8, 4) is 22.6 Å². The predicted molar refractivity (Wildman–Crippen MR) is 231 cm³/mol. The number of phosphoric ester groups is 1. The molecule has 0 radical (unpaired) electrons. The minimum atomic E-state index is -4.56. The van der Waals surface area contributed by atoms with Crippen LogP contribution in [0.2, 0.25) is 0 Å². The lowest BCUT2D eigenvalue weighted by Gasteiger charge is -2.23. The summed E-state index contributed by atoms with van der Waals surface area (Å²) in [6.45, 7) is 18.0. The second-order valence-corrected chi connectivity index (χ2v) is 22.5. The molecule has 0 saturated heterocycles. The van der Waals surface area contributed by atoms with Crippen LogP contribution >= 0.6 is 7.82 Å². The van der Waals surface area contributed by atoms with Crippen molar-refractivity contribution in [2.75, 3.05) is 0 Å². The van der Waals surface area contributed by atoms with Gasteiger partial charge in [-0.25, -0.2) is 4.57 Å². The molecule has 274 valence electrons. The zero-order valence-electron chi connectivity index (χ0n) is 32.5. The van der Waals surface area contributed by atoms with Crippen LogP contribution < -0.4 is 19.4 Å². The van der Waals surface area contributed by atoms with E-state index in [1.54, 1.807) is 0 Å². The lowest BCUT2D eigenvalue weighted by molar-refractivity contribution is 0.296. The maximum absolute atomic E-state index is 14.2. The lowest BCUT2D eigenvalue weighted by atomic mass is 9.86. The van der Waals surface area contributed by atoms with Crippen molar-refractivity contribution >= 4 is 58.8 Å². The van der Waals surface area contributed by atoms with Gasteiger partial charge in [0, 0.05) is 11.1 Å². The summed E-state index contributed by atoms with van der Waals surface area (Å²) in [6.07, 6.45) is 1.95. The number of benzene rings is 6. The molecule has 1 heterocycles. The van der Waals surface area contributed by atoms with Crippen LogP contribution in [0.3, 0.4) is 0 Å². The van der Waals surface area contributed by atoms with Crippen LogP contribution in [0.4, 0.5) is 0 Å². The van der Waals surface area contributed by atoms with Gasteiger partial charge in [-0.15, -0.1) is 0 Å². The molecule has 6 aromatic rings. The Kier molecular flexibility index (Phi) is 10.1. The molecule has 0 bridgehead atoms. The van der Waals surface area contributed by atoms with Crippen LogP contribution in [0.25, 0.3) is 32.7 Å². The van der Waals surface area contributed by atoms with Crippen molar-refractivity contribution in [1.29, 1.82) is 0 Å². The normalized spacial score (nSPS) is 17.5. The Bertz CT molecular complexity index is 2170. The molecule has 0 saturated carbocycles. The first kappa shape index (κ1) is 37.4. The van der Waals surface area contributed by atoms with E-state index in [9.17, 15) is 9.46 Å². The molecule has 1 N–H and O–H groups in total. The first-order valence-electron chi connectivity index (χ1n) is 19.2. The molecule has 0 fully saturated rings. The van der Waals surface area contributed by atoms with Crippen LogP contribution in [0.5, 0.6) is 11.5 Å². The van der Waals surface area contributed by atoms with Crippen LogP contribution in [0.15, 0.2) is 109 Å². The molecule has 1 aliphatic heterocycles. The maximum atomic E-state index is 14.2. The fourth-order valence-corrected chi connectivity index (χ4v) is 13.4. The average Bonchev–Trinajstić information content (AvgIpc) is 3.25. The molecule has 1 aliphatic rings. The predicted octanol–water partition coefficient (Wildman–Crippen LogP) is 10.0. The Labute approximate surface area is 320 Å². The zero-order chi connectivity index (χ0) is 37.7. The lowest BCUT2D eigenvalue weighted by Crippen LogP contribution is -2.24. The minimum Gasteiger partial charge on any atom is -0.395 e. The second-order valence-electron chi connectivity index (χ2n) is 16.9. The van der Waals surface area contributed by atoms with Crippen molar-refractivity contribution < 1.29 is 18.5 Å². The van der Waals surface area contributed by atoms with E-state index >= 15 is 0 Å².